The minimum Gasteiger partial charge on any atom is -0.468 e. The smallest absolute Gasteiger partial charge is 0.326 e. The van der Waals surface area contributed by atoms with E-state index in [4.69, 9.17) is 21.1 Å². The van der Waals surface area contributed by atoms with Crippen LogP contribution in [0.4, 0.5) is 0 Å². The van der Waals surface area contributed by atoms with E-state index in [1.54, 1.807) is 49.4 Å². The molecule has 2 aromatic carbocycles. The number of fused-ring (bicyclic) bond motifs is 1. The van der Waals surface area contributed by atoms with Gasteiger partial charge in [-0.2, -0.15) is 0 Å². The second kappa shape index (κ2) is 7.82. The van der Waals surface area contributed by atoms with E-state index in [1.807, 2.05) is 0 Å². The summed E-state index contributed by atoms with van der Waals surface area (Å²) < 4.78 is 10.9. The number of hydrogen-bond donors (Lipinski definition) is 0. The Balaban J connectivity index is 2.08. The predicted molar refractivity (Wildman–Crippen MR) is 103 cm³/mol. The normalized spacial score (nSPS) is 19.6. The van der Waals surface area contributed by atoms with Gasteiger partial charge >= 0.3 is 11.9 Å². The van der Waals surface area contributed by atoms with Crippen molar-refractivity contribution in [2.75, 3.05) is 7.11 Å². The van der Waals surface area contributed by atoms with E-state index in [0.717, 1.165) is 4.47 Å². The molecule has 3 atom stereocenters. The lowest BCUT2D eigenvalue weighted by Gasteiger charge is -2.33. The average molecular weight is 452 g/mol. The van der Waals surface area contributed by atoms with Gasteiger partial charge in [-0.1, -0.05) is 34.5 Å². The summed E-state index contributed by atoms with van der Waals surface area (Å²) in [5.74, 6) is -3.92. The van der Waals surface area contributed by atoms with Crippen LogP contribution < -0.4 is 4.74 Å². The van der Waals surface area contributed by atoms with E-state index in [1.165, 1.54) is 7.11 Å². The molecule has 0 spiro atoms. The Morgan fingerprint density at radius 1 is 1.19 bits per heavy atom. The lowest BCUT2D eigenvalue weighted by Crippen LogP contribution is -2.42. The molecule has 0 radical (unpaired) electrons. The molecule has 0 saturated heterocycles. The Labute approximate surface area is 169 Å². The highest BCUT2D eigenvalue weighted by Crippen LogP contribution is 2.44. The summed E-state index contributed by atoms with van der Waals surface area (Å²) in [4.78, 5) is 37.9. The van der Waals surface area contributed by atoms with E-state index in [9.17, 15) is 14.4 Å². The van der Waals surface area contributed by atoms with Gasteiger partial charge in [0.2, 0.25) is 0 Å². The minimum absolute atomic E-state index is 0.203. The van der Waals surface area contributed by atoms with Crippen LogP contribution in [0.2, 0.25) is 5.02 Å². The summed E-state index contributed by atoms with van der Waals surface area (Å²) in [7, 11) is 1.20. The van der Waals surface area contributed by atoms with Crippen molar-refractivity contribution >= 4 is 45.3 Å². The zero-order chi connectivity index (χ0) is 19.7. The van der Waals surface area contributed by atoms with E-state index >= 15 is 0 Å². The molecular formula is C20H16BrClO5. The van der Waals surface area contributed by atoms with Crippen LogP contribution in [0.1, 0.15) is 28.8 Å². The summed E-state index contributed by atoms with van der Waals surface area (Å²) in [6, 6.07) is 11.6. The number of halogens is 2. The largest absolute Gasteiger partial charge is 0.468 e. The quantitative estimate of drug-likeness (QED) is 0.298. The fourth-order valence-electron chi connectivity index (χ4n) is 3.34. The Hall–Kier alpha value is -2.18. The number of carbonyl (C=O) groups excluding carboxylic acids is 3. The topological polar surface area (TPSA) is 69.7 Å². The monoisotopic (exact) mass is 450 g/mol. The van der Waals surface area contributed by atoms with Crippen molar-refractivity contribution in [3.05, 3.63) is 63.1 Å². The molecule has 3 unspecified atom stereocenters. The summed E-state index contributed by atoms with van der Waals surface area (Å²) in [6.45, 7) is 1.70. The van der Waals surface area contributed by atoms with Gasteiger partial charge in [0.1, 0.15) is 5.75 Å². The third-order valence-electron chi connectivity index (χ3n) is 4.69. The van der Waals surface area contributed by atoms with Crippen LogP contribution in [0.15, 0.2) is 46.9 Å². The standard InChI is InChI=1S/C20H16BrClO5/c1-10(18(23)11-3-6-13(22)7-4-11)16-14-9-12(21)5-8-15(14)27-20(25)17(16)19(24)26-2/h3-10,16-17H,1-2H3. The highest BCUT2D eigenvalue weighted by atomic mass is 79.9. The van der Waals surface area contributed by atoms with Crippen LogP contribution in [0.3, 0.4) is 0 Å². The molecule has 5 nitrogen and oxygen atoms in total. The van der Waals surface area contributed by atoms with Crippen LogP contribution in [0.5, 0.6) is 5.75 Å². The number of rotatable bonds is 4. The van der Waals surface area contributed by atoms with Gasteiger partial charge in [0.15, 0.2) is 11.7 Å². The molecular weight excluding hydrogens is 436 g/mol. The zero-order valence-electron chi connectivity index (χ0n) is 14.6. The summed E-state index contributed by atoms with van der Waals surface area (Å²) >= 11 is 9.28. The Bertz CT molecular complexity index is 909. The lowest BCUT2D eigenvalue weighted by atomic mass is 9.73. The Morgan fingerprint density at radius 3 is 2.48 bits per heavy atom. The highest BCUT2D eigenvalue weighted by molar-refractivity contribution is 9.10. The third kappa shape index (κ3) is 3.77. The van der Waals surface area contributed by atoms with Crippen LogP contribution in [-0.4, -0.2) is 24.8 Å². The summed E-state index contributed by atoms with van der Waals surface area (Å²) in [5, 5.41) is 0.516. The minimum atomic E-state index is -1.22. The number of esters is 2. The van der Waals surface area contributed by atoms with Gasteiger partial charge in [0, 0.05) is 32.5 Å². The molecule has 27 heavy (non-hydrogen) atoms. The number of ketones is 1. The molecule has 0 N–H and O–H groups in total. The first-order chi connectivity index (χ1) is 12.8. The maximum Gasteiger partial charge on any atom is 0.326 e. The first kappa shape index (κ1) is 19.6. The van der Waals surface area contributed by atoms with Gasteiger partial charge in [0.25, 0.3) is 0 Å². The number of ether oxygens (including phenoxy) is 2. The van der Waals surface area contributed by atoms with Gasteiger partial charge < -0.3 is 9.47 Å². The molecule has 1 heterocycles. The number of methoxy groups -OCH3 is 1. The number of hydrogen-bond acceptors (Lipinski definition) is 5. The van der Waals surface area contributed by atoms with Crippen molar-refractivity contribution in [3.8, 4) is 5.75 Å². The molecule has 0 amide bonds. The lowest BCUT2D eigenvalue weighted by molar-refractivity contribution is -0.158. The SMILES string of the molecule is COC(=O)C1C(=O)Oc2ccc(Br)cc2C1C(C)C(=O)c1ccc(Cl)cc1. The predicted octanol–water partition coefficient (Wildman–Crippen LogP) is 4.41. The molecule has 0 aliphatic carbocycles. The molecule has 140 valence electrons. The fraction of sp³-hybridized carbons (Fsp3) is 0.250. The molecule has 1 aliphatic heterocycles. The number of benzene rings is 2. The molecule has 0 fully saturated rings. The van der Waals surface area contributed by atoms with Crippen molar-refractivity contribution in [1.29, 1.82) is 0 Å². The van der Waals surface area contributed by atoms with Crippen LogP contribution in [0.25, 0.3) is 0 Å². The van der Waals surface area contributed by atoms with E-state index in [2.05, 4.69) is 15.9 Å². The van der Waals surface area contributed by atoms with E-state index < -0.39 is 29.7 Å². The van der Waals surface area contributed by atoms with Crippen LogP contribution in [-0.2, 0) is 14.3 Å². The van der Waals surface area contributed by atoms with Gasteiger partial charge in [-0.25, -0.2) is 0 Å². The average Bonchev–Trinajstić information content (AvgIpc) is 2.66. The van der Waals surface area contributed by atoms with Crippen molar-refractivity contribution in [1.82, 2.24) is 0 Å². The second-order valence-corrected chi connectivity index (χ2v) is 7.64. The number of Topliss-reactive ketones (excluding diaryl/α,β-unsaturated/α-hetero) is 1. The Morgan fingerprint density at radius 2 is 1.85 bits per heavy atom. The fourth-order valence-corrected chi connectivity index (χ4v) is 3.84. The van der Waals surface area contributed by atoms with Crippen molar-refractivity contribution in [2.45, 2.75) is 12.8 Å². The molecule has 0 saturated carbocycles. The maximum absolute atomic E-state index is 13.1. The van der Waals surface area contributed by atoms with Gasteiger partial charge in [-0.15, -0.1) is 0 Å². The molecule has 3 rings (SSSR count). The molecule has 0 bridgehead atoms. The second-order valence-electron chi connectivity index (χ2n) is 6.29. The van der Waals surface area contributed by atoms with Gasteiger partial charge in [0.05, 0.1) is 7.11 Å². The van der Waals surface area contributed by atoms with Gasteiger partial charge in [-0.3, -0.25) is 14.4 Å². The molecule has 0 aromatic heterocycles. The zero-order valence-corrected chi connectivity index (χ0v) is 16.9. The van der Waals surface area contributed by atoms with Crippen LogP contribution in [0, 0.1) is 11.8 Å². The summed E-state index contributed by atoms with van der Waals surface area (Å²) in [6.07, 6.45) is 0. The summed E-state index contributed by atoms with van der Waals surface area (Å²) in [5.41, 5.74) is 1.06. The van der Waals surface area contributed by atoms with Crippen molar-refractivity contribution < 1.29 is 23.9 Å². The first-order valence-electron chi connectivity index (χ1n) is 8.22. The number of carbonyl (C=O) groups is 3. The highest BCUT2D eigenvalue weighted by Gasteiger charge is 2.47. The maximum atomic E-state index is 13.1. The van der Waals surface area contributed by atoms with E-state index in [0.29, 0.717) is 21.9 Å². The molecule has 2 aromatic rings. The van der Waals surface area contributed by atoms with E-state index in [-0.39, 0.29) is 5.78 Å². The Kier molecular flexibility index (Phi) is 5.67. The van der Waals surface area contributed by atoms with Crippen molar-refractivity contribution in [3.63, 3.8) is 0 Å². The van der Waals surface area contributed by atoms with Crippen LogP contribution >= 0.6 is 27.5 Å². The molecule has 1 aliphatic rings. The molecule has 7 heteroatoms. The first-order valence-corrected chi connectivity index (χ1v) is 9.39. The van der Waals surface area contributed by atoms with Gasteiger partial charge in [-0.05, 0) is 42.5 Å². The third-order valence-corrected chi connectivity index (χ3v) is 5.44. The van der Waals surface area contributed by atoms with Crippen molar-refractivity contribution in [2.24, 2.45) is 11.8 Å².